The Labute approximate surface area is 207 Å². The number of allylic oxidation sites excluding steroid dienone is 2. The second-order valence-electron chi connectivity index (χ2n) is 8.41. The number of amides is 3. The fourth-order valence-electron chi connectivity index (χ4n) is 3.95. The first-order valence-corrected chi connectivity index (χ1v) is 11.5. The van der Waals surface area contributed by atoms with E-state index in [0.717, 1.165) is 5.82 Å². The summed E-state index contributed by atoms with van der Waals surface area (Å²) in [6, 6.07) is 9.61. The highest BCUT2D eigenvalue weighted by molar-refractivity contribution is 6.31. The van der Waals surface area contributed by atoms with E-state index in [1.54, 1.807) is 42.2 Å². The molecule has 3 amide bonds. The number of rotatable bonds is 5. The van der Waals surface area contributed by atoms with Gasteiger partial charge >= 0.3 is 0 Å². The van der Waals surface area contributed by atoms with Crippen molar-refractivity contribution in [2.24, 2.45) is 0 Å². The Balaban J connectivity index is 1.34. The molecule has 35 heavy (non-hydrogen) atoms. The Kier molecular flexibility index (Phi) is 7.16. The van der Waals surface area contributed by atoms with E-state index in [4.69, 9.17) is 11.6 Å². The second-order valence-corrected chi connectivity index (χ2v) is 8.84. The number of hydrogen-bond donors (Lipinski definition) is 2. The average Bonchev–Trinajstić information content (AvgIpc) is 2.84. The Hall–Kier alpha value is -3.72. The summed E-state index contributed by atoms with van der Waals surface area (Å²) in [5.41, 5.74) is 0.867. The van der Waals surface area contributed by atoms with Crippen LogP contribution in [-0.2, 0) is 4.79 Å². The summed E-state index contributed by atoms with van der Waals surface area (Å²) in [4.78, 5) is 44.9. The summed E-state index contributed by atoms with van der Waals surface area (Å²) in [7, 11) is 0. The van der Waals surface area contributed by atoms with E-state index in [9.17, 15) is 14.4 Å². The van der Waals surface area contributed by atoms with Crippen LogP contribution in [0.4, 0.5) is 10.2 Å². The van der Waals surface area contributed by atoms with Crippen LogP contribution >= 0.6 is 11.6 Å². The third-order valence-electron chi connectivity index (χ3n) is 5.85. The standard InChI is InChI=1S/C25H25ClFN5O3/c1-17(33)31-10-12-32(13-11-31)22-8-7-19(16-28-22)23(34)29-21-6-3-9-25(27,15-21)30-24(35)18-4-2-5-20(26)14-18/h2-9,14,16H,10-13,15H2,1H3,(H,29,34)(H,30,35). The predicted molar refractivity (Wildman–Crippen MR) is 131 cm³/mol. The second kappa shape index (κ2) is 10.3. The molecular weight excluding hydrogens is 473 g/mol. The number of benzene rings is 1. The molecule has 2 heterocycles. The number of alkyl halides is 1. The smallest absolute Gasteiger partial charge is 0.256 e. The number of halogens is 2. The quantitative estimate of drug-likeness (QED) is 0.619. The van der Waals surface area contributed by atoms with Crippen LogP contribution in [-0.4, -0.2) is 59.6 Å². The van der Waals surface area contributed by atoms with Crippen molar-refractivity contribution in [1.82, 2.24) is 20.5 Å². The van der Waals surface area contributed by atoms with Crippen LogP contribution in [0.2, 0.25) is 5.02 Å². The van der Waals surface area contributed by atoms with Gasteiger partial charge in [0.25, 0.3) is 11.8 Å². The van der Waals surface area contributed by atoms with Crippen molar-refractivity contribution in [3.8, 4) is 0 Å². The fraction of sp³-hybridized carbons (Fsp3) is 0.280. The molecule has 4 rings (SSSR count). The third kappa shape index (κ3) is 6.05. The lowest BCUT2D eigenvalue weighted by molar-refractivity contribution is -0.129. The molecule has 1 aromatic carbocycles. The number of piperazine rings is 1. The Morgan fingerprint density at radius 2 is 1.83 bits per heavy atom. The summed E-state index contributed by atoms with van der Waals surface area (Å²) in [5, 5.41) is 5.41. The number of hydrogen-bond acceptors (Lipinski definition) is 5. The zero-order chi connectivity index (χ0) is 25.0. The molecular formula is C25H25ClFN5O3. The van der Waals surface area contributed by atoms with Crippen LogP contribution in [0.1, 0.15) is 34.1 Å². The molecule has 182 valence electrons. The van der Waals surface area contributed by atoms with Crippen molar-refractivity contribution in [1.29, 1.82) is 0 Å². The lowest BCUT2D eigenvalue weighted by Crippen LogP contribution is -2.48. The number of anilines is 1. The Morgan fingerprint density at radius 3 is 2.49 bits per heavy atom. The highest BCUT2D eigenvalue weighted by atomic mass is 35.5. The maximum absolute atomic E-state index is 15.4. The van der Waals surface area contributed by atoms with Gasteiger partial charge in [0, 0.05) is 62.0 Å². The van der Waals surface area contributed by atoms with Crippen molar-refractivity contribution >= 4 is 35.1 Å². The van der Waals surface area contributed by atoms with Crippen molar-refractivity contribution in [2.45, 2.75) is 19.1 Å². The minimum absolute atomic E-state index is 0.0535. The van der Waals surface area contributed by atoms with Gasteiger partial charge in [-0.3, -0.25) is 14.4 Å². The van der Waals surface area contributed by atoms with Crippen molar-refractivity contribution in [2.75, 3.05) is 31.1 Å². The first-order valence-electron chi connectivity index (χ1n) is 11.2. The van der Waals surface area contributed by atoms with Crippen LogP contribution < -0.4 is 15.5 Å². The van der Waals surface area contributed by atoms with Gasteiger partial charge in [0.1, 0.15) is 5.82 Å². The van der Waals surface area contributed by atoms with Gasteiger partial charge in [-0.15, -0.1) is 0 Å². The monoisotopic (exact) mass is 497 g/mol. The summed E-state index contributed by atoms with van der Waals surface area (Å²) in [6.07, 6.45) is 5.47. The van der Waals surface area contributed by atoms with Crippen LogP contribution in [0.5, 0.6) is 0 Å². The molecule has 0 spiro atoms. The van der Waals surface area contributed by atoms with Crippen LogP contribution in [0, 0.1) is 0 Å². The molecule has 0 bridgehead atoms. The molecule has 2 aromatic rings. The van der Waals surface area contributed by atoms with Crippen LogP contribution in [0.15, 0.2) is 66.5 Å². The number of aromatic nitrogens is 1. The number of carbonyl (C=O) groups excluding carboxylic acids is 3. The van der Waals surface area contributed by atoms with E-state index in [-0.39, 0.29) is 17.9 Å². The van der Waals surface area contributed by atoms with Gasteiger partial charge in [-0.1, -0.05) is 23.7 Å². The predicted octanol–water partition coefficient (Wildman–Crippen LogP) is 3.07. The summed E-state index contributed by atoms with van der Waals surface area (Å²) in [5.74, 6) is -2.44. The Morgan fingerprint density at radius 1 is 1.06 bits per heavy atom. The summed E-state index contributed by atoms with van der Waals surface area (Å²) >= 11 is 5.91. The molecule has 10 heteroatoms. The molecule has 1 unspecified atom stereocenters. The molecule has 1 atom stereocenters. The van der Waals surface area contributed by atoms with Gasteiger partial charge in [-0.2, -0.15) is 0 Å². The van der Waals surface area contributed by atoms with Crippen LogP contribution in [0.25, 0.3) is 0 Å². The lowest BCUT2D eigenvalue weighted by Gasteiger charge is -2.34. The van der Waals surface area contributed by atoms with E-state index < -0.39 is 17.6 Å². The van der Waals surface area contributed by atoms with Crippen molar-refractivity contribution < 1.29 is 18.8 Å². The van der Waals surface area contributed by atoms with Gasteiger partial charge in [0.2, 0.25) is 11.7 Å². The SMILES string of the molecule is CC(=O)N1CCN(c2ccc(C(=O)NC3=CC=CC(F)(NC(=O)c4cccc(Cl)c4)C3)cn2)CC1. The molecule has 2 N–H and O–H groups in total. The average molecular weight is 498 g/mol. The minimum atomic E-state index is -2.17. The first kappa shape index (κ1) is 24.4. The molecule has 0 radical (unpaired) electrons. The lowest BCUT2D eigenvalue weighted by atomic mass is 10.0. The summed E-state index contributed by atoms with van der Waals surface area (Å²) in [6.45, 7) is 4.13. The molecule has 1 aliphatic carbocycles. The fourth-order valence-corrected chi connectivity index (χ4v) is 4.14. The van der Waals surface area contributed by atoms with E-state index in [1.165, 1.54) is 30.5 Å². The topological polar surface area (TPSA) is 94.6 Å². The zero-order valence-electron chi connectivity index (χ0n) is 19.1. The van der Waals surface area contributed by atoms with Gasteiger partial charge < -0.3 is 20.4 Å². The number of pyridine rings is 1. The van der Waals surface area contributed by atoms with Gasteiger partial charge in [-0.05, 0) is 42.5 Å². The van der Waals surface area contributed by atoms with E-state index >= 15 is 4.39 Å². The molecule has 1 aromatic heterocycles. The number of carbonyl (C=O) groups is 3. The van der Waals surface area contributed by atoms with E-state index in [1.807, 2.05) is 0 Å². The summed E-state index contributed by atoms with van der Waals surface area (Å²) < 4.78 is 15.4. The molecule has 2 aliphatic rings. The molecule has 1 saturated heterocycles. The molecule has 0 saturated carbocycles. The van der Waals surface area contributed by atoms with Crippen molar-refractivity contribution in [3.05, 3.63) is 82.7 Å². The number of nitrogens with one attached hydrogen (secondary N) is 2. The molecule has 8 nitrogen and oxygen atoms in total. The molecule has 1 fully saturated rings. The highest BCUT2D eigenvalue weighted by Crippen LogP contribution is 2.25. The largest absolute Gasteiger partial charge is 0.353 e. The van der Waals surface area contributed by atoms with Gasteiger partial charge in [0.15, 0.2) is 0 Å². The van der Waals surface area contributed by atoms with Gasteiger partial charge in [0.05, 0.1) is 5.56 Å². The van der Waals surface area contributed by atoms with E-state index in [2.05, 4.69) is 20.5 Å². The van der Waals surface area contributed by atoms with E-state index in [0.29, 0.717) is 42.5 Å². The zero-order valence-corrected chi connectivity index (χ0v) is 19.9. The number of nitrogens with zero attached hydrogens (tertiary/aromatic N) is 3. The first-order chi connectivity index (χ1) is 16.7. The maximum atomic E-state index is 15.4. The maximum Gasteiger partial charge on any atom is 0.256 e. The minimum Gasteiger partial charge on any atom is -0.353 e. The van der Waals surface area contributed by atoms with Gasteiger partial charge in [-0.25, -0.2) is 9.37 Å². The Bertz CT molecular complexity index is 1190. The highest BCUT2D eigenvalue weighted by Gasteiger charge is 2.32. The van der Waals surface area contributed by atoms with Crippen LogP contribution in [0.3, 0.4) is 0 Å². The molecule has 1 aliphatic heterocycles. The van der Waals surface area contributed by atoms with Crippen molar-refractivity contribution in [3.63, 3.8) is 0 Å². The normalized spacial score (nSPS) is 19.7. The third-order valence-corrected chi connectivity index (χ3v) is 6.08.